The van der Waals surface area contributed by atoms with E-state index >= 15 is 0 Å². The van der Waals surface area contributed by atoms with Crippen molar-refractivity contribution in [3.8, 4) is 0 Å². The van der Waals surface area contributed by atoms with Gasteiger partial charge in [0.25, 0.3) is 5.91 Å². The maximum atomic E-state index is 12.7. The molecule has 22 heavy (non-hydrogen) atoms. The Morgan fingerprint density at radius 1 is 1.36 bits per heavy atom. The molecular weight excluding hydrogens is 280 g/mol. The zero-order valence-corrected chi connectivity index (χ0v) is 13.0. The van der Waals surface area contributed by atoms with Crippen molar-refractivity contribution in [2.75, 3.05) is 13.1 Å². The van der Waals surface area contributed by atoms with Crippen LogP contribution in [-0.2, 0) is 6.42 Å². The van der Waals surface area contributed by atoms with Crippen LogP contribution in [0.25, 0.3) is 0 Å². The summed E-state index contributed by atoms with van der Waals surface area (Å²) in [6.07, 6.45) is 7.76. The Hall–Kier alpha value is -2.24. The largest absolute Gasteiger partial charge is 0.361 e. The van der Waals surface area contributed by atoms with Crippen molar-refractivity contribution in [2.24, 2.45) is 0 Å². The van der Waals surface area contributed by atoms with Crippen molar-refractivity contribution in [1.29, 1.82) is 0 Å². The van der Waals surface area contributed by atoms with Crippen LogP contribution >= 0.6 is 0 Å². The van der Waals surface area contributed by atoms with Gasteiger partial charge >= 0.3 is 0 Å². The van der Waals surface area contributed by atoms with E-state index in [9.17, 15) is 4.79 Å². The normalized spacial score (nSPS) is 16.0. The van der Waals surface area contributed by atoms with Crippen LogP contribution in [0, 0.1) is 6.92 Å². The highest BCUT2D eigenvalue weighted by atomic mass is 16.5. The fourth-order valence-electron chi connectivity index (χ4n) is 2.99. The summed E-state index contributed by atoms with van der Waals surface area (Å²) in [4.78, 5) is 23.1. The van der Waals surface area contributed by atoms with E-state index in [4.69, 9.17) is 4.52 Å². The number of amides is 1. The minimum absolute atomic E-state index is 0.0354. The first-order valence-electron chi connectivity index (χ1n) is 7.71. The van der Waals surface area contributed by atoms with Gasteiger partial charge in [0.1, 0.15) is 11.3 Å². The van der Waals surface area contributed by atoms with Gasteiger partial charge in [-0.15, -0.1) is 0 Å². The SMILES string of the molecule is CCc1noc(C)c1C(=O)N1CCC(c2cnccn2)CC1. The first-order valence-corrected chi connectivity index (χ1v) is 7.71. The van der Waals surface area contributed by atoms with E-state index in [2.05, 4.69) is 15.1 Å². The van der Waals surface area contributed by atoms with Crippen molar-refractivity contribution in [1.82, 2.24) is 20.0 Å². The molecule has 6 nitrogen and oxygen atoms in total. The Labute approximate surface area is 129 Å². The van der Waals surface area contributed by atoms with Crippen LogP contribution in [0.5, 0.6) is 0 Å². The molecular formula is C16H20N4O2. The third-order valence-electron chi connectivity index (χ3n) is 4.27. The number of rotatable bonds is 3. The molecule has 1 saturated heterocycles. The number of carbonyl (C=O) groups is 1. The number of nitrogens with zero attached hydrogens (tertiary/aromatic N) is 4. The van der Waals surface area contributed by atoms with Crippen LogP contribution in [0.15, 0.2) is 23.1 Å². The summed E-state index contributed by atoms with van der Waals surface area (Å²) in [6.45, 7) is 5.24. The van der Waals surface area contributed by atoms with Gasteiger partial charge in [-0.25, -0.2) is 0 Å². The molecule has 6 heteroatoms. The maximum Gasteiger partial charge on any atom is 0.259 e. The van der Waals surface area contributed by atoms with Crippen molar-refractivity contribution in [2.45, 2.75) is 39.0 Å². The summed E-state index contributed by atoms with van der Waals surface area (Å²) < 4.78 is 5.17. The molecule has 2 aromatic rings. The molecule has 0 unspecified atom stereocenters. The van der Waals surface area contributed by atoms with E-state index in [1.165, 1.54) is 0 Å². The average Bonchev–Trinajstić information content (AvgIpc) is 2.96. The second-order valence-electron chi connectivity index (χ2n) is 5.61. The quantitative estimate of drug-likeness (QED) is 0.870. The van der Waals surface area contributed by atoms with Crippen molar-refractivity contribution < 1.29 is 9.32 Å². The van der Waals surface area contributed by atoms with Crippen LogP contribution < -0.4 is 0 Å². The van der Waals surface area contributed by atoms with Crippen molar-refractivity contribution in [3.63, 3.8) is 0 Å². The Morgan fingerprint density at radius 2 is 2.14 bits per heavy atom. The average molecular weight is 300 g/mol. The van der Waals surface area contributed by atoms with Gasteiger partial charge in [0.05, 0.1) is 11.4 Å². The van der Waals surface area contributed by atoms with Crippen LogP contribution in [-0.4, -0.2) is 39.0 Å². The highest BCUT2D eigenvalue weighted by molar-refractivity contribution is 5.96. The van der Waals surface area contributed by atoms with Crippen molar-refractivity contribution in [3.05, 3.63) is 41.3 Å². The third kappa shape index (κ3) is 2.73. The highest BCUT2D eigenvalue weighted by Gasteiger charge is 2.29. The molecule has 3 heterocycles. The minimum atomic E-state index is 0.0354. The number of piperidine rings is 1. The predicted molar refractivity (Wildman–Crippen MR) is 80.5 cm³/mol. The summed E-state index contributed by atoms with van der Waals surface area (Å²) in [5.74, 6) is 1.03. The topological polar surface area (TPSA) is 72.1 Å². The molecule has 0 radical (unpaired) electrons. The smallest absolute Gasteiger partial charge is 0.259 e. The molecule has 1 aliphatic heterocycles. The zero-order valence-electron chi connectivity index (χ0n) is 13.0. The van der Waals surface area contributed by atoms with Gasteiger partial charge in [-0.05, 0) is 26.2 Å². The number of hydrogen-bond acceptors (Lipinski definition) is 5. The molecule has 0 aromatic carbocycles. The van der Waals surface area contributed by atoms with E-state index in [0.717, 1.165) is 37.3 Å². The van der Waals surface area contributed by atoms with Crippen LogP contribution in [0.3, 0.4) is 0 Å². The standard InChI is InChI=1S/C16H20N4O2/c1-3-13-15(11(2)22-19-13)16(21)20-8-4-12(5-9-20)14-10-17-6-7-18-14/h6-7,10,12H,3-5,8-9H2,1-2H3. The summed E-state index contributed by atoms with van der Waals surface area (Å²) in [5.41, 5.74) is 2.41. The number of carbonyl (C=O) groups excluding carboxylic acids is 1. The minimum Gasteiger partial charge on any atom is -0.361 e. The maximum absolute atomic E-state index is 12.7. The van der Waals surface area contributed by atoms with Crippen molar-refractivity contribution >= 4 is 5.91 Å². The third-order valence-corrected chi connectivity index (χ3v) is 4.27. The molecule has 0 saturated carbocycles. The number of hydrogen-bond donors (Lipinski definition) is 0. The first kappa shape index (κ1) is 14.7. The number of aryl methyl sites for hydroxylation is 2. The Balaban J connectivity index is 1.69. The van der Waals surface area contributed by atoms with Gasteiger partial charge in [0.2, 0.25) is 0 Å². The second-order valence-corrected chi connectivity index (χ2v) is 5.61. The molecule has 1 aliphatic rings. The highest BCUT2D eigenvalue weighted by Crippen LogP contribution is 2.27. The molecule has 0 atom stereocenters. The molecule has 0 N–H and O–H groups in total. The van der Waals surface area contributed by atoms with E-state index in [1.807, 2.05) is 18.0 Å². The molecule has 0 spiro atoms. The Bertz CT molecular complexity index is 645. The van der Waals surface area contributed by atoms with Crippen LogP contribution in [0.1, 0.15) is 53.2 Å². The number of likely N-dealkylation sites (tertiary alicyclic amines) is 1. The summed E-state index contributed by atoms with van der Waals surface area (Å²) >= 11 is 0. The van der Waals surface area contributed by atoms with Gasteiger partial charge in [-0.2, -0.15) is 0 Å². The molecule has 0 bridgehead atoms. The lowest BCUT2D eigenvalue weighted by molar-refractivity contribution is 0.0709. The number of aromatic nitrogens is 3. The first-order chi connectivity index (χ1) is 10.7. The van der Waals surface area contributed by atoms with E-state index in [-0.39, 0.29) is 5.91 Å². The lowest BCUT2D eigenvalue weighted by Crippen LogP contribution is -2.38. The predicted octanol–water partition coefficient (Wildman–Crippen LogP) is 2.36. The molecule has 1 fully saturated rings. The molecule has 1 amide bonds. The van der Waals surface area contributed by atoms with Crippen LogP contribution in [0.4, 0.5) is 0 Å². The lowest BCUT2D eigenvalue weighted by Gasteiger charge is -2.31. The summed E-state index contributed by atoms with van der Waals surface area (Å²) in [6, 6.07) is 0. The molecule has 0 aliphatic carbocycles. The van der Waals surface area contributed by atoms with Crippen LogP contribution in [0.2, 0.25) is 0 Å². The summed E-state index contributed by atoms with van der Waals surface area (Å²) in [7, 11) is 0. The van der Waals surface area contributed by atoms with E-state index in [1.54, 1.807) is 19.3 Å². The monoisotopic (exact) mass is 300 g/mol. The fraction of sp³-hybridized carbons (Fsp3) is 0.500. The van der Waals surface area contributed by atoms with E-state index < -0.39 is 0 Å². The molecule has 116 valence electrons. The second kappa shape index (κ2) is 6.25. The Morgan fingerprint density at radius 3 is 2.77 bits per heavy atom. The molecule has 3 rings (SSSR count). The van der Waals surface area contributed by atoms with Gasteiger partial charge in [0.15, 0.2) is 0 Å². The van der Waals surface area contributed by atoms with Gasteiger partial charge < -0.3 is 9.42 Å². The lowest BCUT2D eigenvalue weighted by atomic mass is 9.93. The Kier molecular flexibility index (Phi) is 4.18. The van der Waals surface area contributed by atoms with E-state index in [0.29, 0.717) is 23.7 Å². The summed E-state index contributed by atoms with van der Waals surface area (Å²) in [5, 5.41) is 3.97. The molecule has 2 aromatic heterocycles. The fourth-order valence-corrected chi connectivity index (χ4v) is 2.99. The van der Waals surface area contributed by atoms with Gasteiger partial charge in [-0.3, -0.25) is 14.8 Å². The zero-order chi connectivity index (χ0) is 15.5. The van der Waals surface area contributed by atoms with Gasteiger partial charge in [-0.1, -0.05) is 12.1 Å². The van der Waals surface area contributed by atoms with Gasteiger partial charge in [0, 0.05) is 37.6 Å².